The van der Waals surface area contributed by atoms with E-state index in [1.807, 2.05) is 26.0 Å². The van der Waals surface area contributed by atoms with Gasteiger partial charge < -0.3 is 0 Å². The fourth-order valence-electron chi connectivity index (χ4n) is 0.829. The highest BCUT2D eigenvalue weighted by molar-refractivity contribution is 5.41. The molecule has 0 spiro atoms. The van der Waals surface area contributed by atoms with Crippen LogP contribution in [0.2, 0.25) is 0 Å². The number of hydrogen-bond donors (Lipinski definition) is 0. The lowest BCUT2D eigenvalue weighted by Gasteiger charge is -1.99. The van der Waals surface area contributed by atoms with Crippen LogP contribution >= 0.6 is 0 Å². The molecule has 0 saturated heterocycles. The zero-order valence-electron chi connectivity index (χ0n) is 9.72. The SMILES string of the molecule is C=C(C)C=CC(=CC=C(C)C)C(=C)C. The van der Waals surface area contributed by atoms with Crippen LogP contribution in [0.15, 0.2) is 59.8 Å². The van der Waals surface area contributed by atoms with E-state index < -0.39 is 0 Å². The van der Waals surface area contributed by atoms with Crippen molar-refractivity contribution in [3.8, 4) is 0 Å². The Morgan fingerprint density at radius 1 is 0.857 bits per heavy atom. The Kier molecular flexibility index (Phi) is 5.62. The molecule has 0 heteroatoms. The van der Waals surface area contributed by atoms with E-state index in [2.05, 4.69) is 39.2 Å². The molecule has 0 N–H and O–H groups in total. The zero-order chi connectivity index (χ0) is 11.1. The smallest absolute Gasteiger partial charge is 0.0233 e. The average Bonchev–Trinajstić information content (AvgIpc) is 2.02. The summed E-state index contributed by atoms with van der Waals surface area (Å²) in [6.45, 7) is 15.9. The number of allylic oxidation sites excluding steroid dienone is 8. The highest BCUT2D eigenvalue weighted by atomic mass is 14.0. The maximum atomic E-state index is 3.93. The third kappa shape index (κ3) is 6.24. The normalized spacial score (nSPS) is 11.6. The Bertz CT molecular complexity index is 305. The molecule has 0 aliphatic heterocycles. The van der Waals surface area contributed by atoms with Crippen LogP contribution in [0.5, 0.6) is 0 Å². The predicted molar refractivity (Wildman–Crippen MR) is 66.3 cm³/mol. The minimum absolute atomic E-state index is 1.05. The summed E-state index contributed by atoms with van der Waals surface area (Å²) in [6.07, 6.45) is 8.22. The molecule has 0 saturated carbocycles. The van der Waals surface area contributed by atoms with Crippen molar-refractivity contribution in [3.63, 3.8) is 0 Å². The van der Waals surface area contributed by atoms with Crippen LogP contribution in [0.1, 0.15) is 27.7 Å². The molecule has 0 aromatic heterocycles. The Morgan fingerprint density at radius 3 is 1.79 bits per heavy atom. The van der Waals surface area contributed by atoms with Gasteiger partial charge in [-0.2, -0.15) is 0 Å². The van der Waals surface area contributed by atoms with E-state index in [9.17, 15) is 0 Å². The fraction of sp³-hybridized carbons (Fsp3) is 0.286. The van der Waals surface area contributed by atoms with Crippen LogP contribution in [0.4, 0.5) is 0 Å². The Balaban J connectivity index is 4.79. The minimum atomic E-state index is 1.05. The van der Waals surface area contributed by atoms with Crippen molar-refractivity contribution < 1.29 is 0 Å². The molecule has 0 radical (unpaired) electrons. The second-order valence-electron chi connectivity index (χ2n) is 3.83. The molecular weight excluding hydrogens is 168 g/mol. The van der Waals surface area contributed by atoms with Gasteiger partial charge in [-0.3, -0.25) is 0 Å². The third-order valence-corrected chi connectivity index (χ3v) is 1.64. The fourth-order valence-corrected chi connectivity index (χ4v) is 0.829. The van der Waals surface area contributed by atoms with Gasteiger partial charge in [0.25, 0.3) is 0 Å². The summed E-state index contributed by atoms with van der Waals surface area (Å²) >= 11 is 0. The van der Waals surface area contributed by atoms with Crippen LogP contribution in [-0.4, -0.2) is 0 Å². The lowest BCUT2D eigenvalue weighted by molar-refractivity contribution is 1.37. The van der Waals surface area contributed by atoms with Gasteiger partial charge in [0.05, 0.1) is 0 Å². The first kappa shape index (κ1) is 12.7. The molecule has 0 aliphatic carbocycles. The Morgan fingerprint density at radius 2 is 1.43 bits per heavy atom. The summed E-state index contributed by atoms with van der Waals surface area (Å²) < 4.78 is 0. The Hall–Kier alpha value is -1.30. The molecule has 0 unspecified atom stereocenters. The topological polar surface area (TPSA) is 0 Å². The molecule has 0 atom stereocenters. The van der Waals surface area contributed by atoms with Gasteiger partial charge in [0.15, 0.2) is 0 Å². The Labute approximate surface area is 88.0 Å². The monoisotopic (exact) mass is 188 g/mol. The van der Waals surface area contributed by atoms with Gasteiger partial charge in [-0.1, -0.05) is 54.2 Å². The summed E-state index contributed by atoms with van der Waals surface area (Å²) in [4.78, 5) is 0. The van der Waals surface area contributed by atoms with Crippen molar-refractivity contribution in [2.24, 2.45) is 0 Å². The van der Waals surface area contributed by atoms with Gasteiger partial charge in [0, 0.05) is 0 Å². The highest BCUT2D eigenvalue weighted by Gasteiger charge is 1.90. The van der Waals surface area contributed by atoms with E-state index in [-0.39, 0.29) is 0 Å². The molecule has 0 heterocycles. The van der Waals surface area contributed by atoms with Crippen molar-refractivity contribution in [3.05, 3.63) is 59.8 Å². The van der Waals surface area contributed by atoms with Gasteiger partial charge in [-0.25, -0.2) is 0 Å². The lowest BCUT2D eigenvalue weighted by atomic mass is 10.1. The van der Waals surface area contributed by atoms with E-state index in [0.717, 1.165) is 16.7 Å². The van der Waals surface area contributed by atoms with Gasteiger partial charge in [0.1, 0.15) is 0 Å². The third-order valence-electron chi connectivity index (χ3n) is 1.64. The summed E-state index contributed by atoms with van der Waals surface area (Å²) in [5.41, 5.74) is 4.55. The molecule has 0 aliphatic rings. The van der Waals surface area contributed by atoms with Gasteiger partial charge in [-0.05, 0) is 33.3 Å². The second kappa shape index (κ2) is 6.20. The lowest BCUT2D eigenvalue weighted by Crippen LogP contribution is -1.79. The zero-order valence-corrected chi connectivity index (χ0v) is 9.72. The molecule has 0 nitrogen and oxygen atoms in total. The van der Waals surface area contributed by atoms with Crippen LogP contribution in [0, 0.1) is 0 Å². The van der Waals surface area contributed by atoms with Crippen molar-refractivity contribution in [1.82, 2.24) is 0 Å². The van der Waals surface area contributed by atoms with E-state index in [1.165, 1.54) is 5.57 Å². The standard InChI is InChI=1S/C14H20/c1-11(2)7-9-14(13(5)6)10-8-12(3)4/h7-10H,1,5H2,2-4,6H3. The average molecular weight is 188 g/mol. The first-order chi connectivity index (χ1) is 6.43. The van der Waals surface area contributed by atoms with E-state index >= 15 is 0 Å². The van der Waals surface area contributed by atoms with Crippen LogP contribution in [0.3, 0.4) is 0 Å². The first-order valence-corrected chi connectivity index (χ1v) is 4.78. The molecular formula is C14H20. The second-order valence-corrected chi connectivity index (χ2v) is 3.83. The molecule has 76 valence electrons. The van der Waals surface area contributed by atoms with Crippen molar-refractivity contribution in [2.75, 3.05) is 0 Å². The maximum absolute atomic E-state index is 3.93. The van der Waals surface area contributed by atoms with Crippen molar-refractivity contribution >= 4 is 0 Å². The molecule has 0 fully saturated rings. The largest absolute Gasteiger partial charge is 0.0961 e. The number of hydrogen-bond acceptors (Lipinski definition) is 0. The summed E-state index contributed by atoms with van der Waals surface area (Å²) in [7, 11) is 0. The molecule has 14 heavy (non-hydrogen) atoms. The first-order valence-electron chi connectivity index (χ1n) is 4.78. The van der Waals surface area contributed by atoms with Gasteiger partial charge in [0.2, 0.25) is 0 Å². The summed E-state index contributed by atoms with van der Waals surface area (Å²) in [5, 5.41) is 0. The predicted octanol–water partition coefficient (Wildman–Crippen LogP) is 4.59. The maximum Gasteiger partial charge on any atom is -0.0233 e. The molecule has 0 amide bonds. The summed E-state index contributed by atoms with van der Waals surface area (Å²) in [5.74, 6) is 0. The molecule has 0 bridgehead atoms. The van der Waals surface area contributed by atoms with Gasteiger partial charge in [-0.15, -0.1) is 0 Å². The van der Waals surface area contributed by atoms with Crippen LogP contribution < -0.4 is 0 Å². The minimum Gasteiger partial charge on any atom is -0.0961 e. The van der Waals surface area contributed by atoms with Crippen molar-refractivity contribution in [1.29, 1.82) is 0 Å². The van der Waals surface area contributed by atoms with E-state index in [1.54, 1.807) is 0 Å². The van der Waals surface area contributed by atoms with Crippen LogP contribution in [-0.2, 0) is 0 Å². The summed E-state index contributed by atoms with van der Waals surface area (Å²) in [6, 6.07) is 0. The van der Waals surface area contributed by atoms with Crippen molar-refractivity contribution in [2.45, 2.75) is 27.7 Å². The molecule has 0 aromatic rings. The molecule has 0 rings (SSSR count). The van der Waals surface area contributed by atoms with E-state index in [4.69, 9.17) is 0 Å². The quantitative estimate of drug-likeness (QED) is 0.566. The molecule has 0 aromatic carbocycles. The van der Waals surface area contributed by atoms with E-state index in [0.29, 0.717) is 0 Å². The van der Waals surface area contributed by atoms with Crippen LogP contribution in [0.25, 0.3) is 0 Å². The highest BCUT2D eigenvalue weighted by Crippen LogP contribution is 2.10. The number of rotatable bonds is 4. The van der Waals surface area contributed by atoms with Gasteiger partial charge >= 0.3 is 0 Å².